The molecule has 2 amide bonds. The van der Waals surface area contributed by atoms with Crippen LogP contribution < -0.4 is 14.4 Å². The van der Waals surface area contributed by atoms with Gasteiger partial charge in [-0.05, 0) is 73.5 Å². The van der Waals surface area contributed by atoms with Crippen molar-refractivity contribution in [2.75, 3.05) is 11.5 Å². The Bertz CT molecular complexity index is 1100. The molecule has 3 aromatic carbocycles. The van der Waals surface area contributed by atoms with E-state index in [1.54, 1.807) is 36.4 Å². The number of carbonyl (C=O) groups is 3. The van der Waals surface area contributed by atoms with Crippen LogP contribution in [0.2, 0.25) is 0 Å². The van der Waals surface area contributed by atoms with Gasteiger partial charge in [0.15, 0.2) is 6.61 Å². The Kier molecular flexibility index (Phi) is 5.06. The first-order valence-electron chi connectivity index (χ1n) is 9.42. The minimum atomic E-state index is -0.553. The second-order valence-corrected chi connectivity index (χ2v) is 7.07. The molecule has 0 N–H and O–H groups in total. The number of nitrogens with zero attached hydrogens (tertiary/aromatic N) is 1. The van der Waals surface area contributed by atoms with E-state index in [-0.39, 0.29) is 18.4 Å². The van der Waals surface area contributed by atoms with Gasteiger partial charge in [-0.25, -0.2) is 9.69 Å². The lowest BCUT2D eigenvalue weighted by molar-refractivity contribution is -0.136. The first-order valence-corrected chi connectivity index (χ1v) is 9.42. The topological polar surface area (TPSA) is 72.9 Å². The molecular weight excluding hydrogens is 382 g/mol. The van der Waals surface area contributed by atoms with E-state index >= 15 is 0 Å². The molecule has 3 aromatic rings. The van der Waals surface area contributed by atoms with Crippen molar-refractivity contribution >= 4 is 23.5 Å². The van der Waals surface area contributed by atoms with Crippen LogP contribution in [-0.4, -0.2) is 24.4 Å². The van der Waals surface area contributed by atoms with Crippen LogP contribution in [0.5, 0.6) is 11.5 Å². The lowest BCUT2D eigenvalue weighted by atomic mass is 10.1. The van der Waals surface area contributed by atoms with Crippen LogP contribution in [0, 0.1) is 13.8 Å². The maximum Gasteiger partial charge on any atom is 0.349 e. The molecule has 0 aromatic heterocycles. The van der Waals surface area contributed by atoms with Gasteiger partial charge in [0.2, 0.25) is 0 Å². The number of hydrogen-bond acceptors (Lipinski definition) is 5. The molecule has 1 aliphatic rings. The number of amides is 2. The Morgan fingerprint density at radius 1 is 0.800 bits per heavy atom. The van der Waals surface area contributed by atoms with Crippen LogP contribution in [0.15, 0.2) is 66.7 Å². The Balaban J connectivity index is 1.40. The molecule has 150 valence electrons. The fourth-order valence-corrected chi connectivity index (χ4v) is 3.41. The maximum absolute atomic E-state index is 12.5. The van der Waals surface area contributed by atoms with E-state index in [0.29, 0.717) is 28.3 Å². The Hall–Kier alpha value is -3.93. The highest BCUT2D eigenvalue weighted by molar-refractivity contribution is 6.34. The highest BCUT2D eigenvalue weighted by atomic mass is 16.6. The van der Waals surface area contributed by atoms with Crippen LogP contribution in [0.1, 0.15) is 31.8 Å². The molecule has 0 aliphatic carbocycles. The Morgan fingerprint density at radius 2 is 1.37 bits per heavy atom. The normalized spacial score (nSPS) is 12.7. The molecule has 1 aliphatic heterocycles. The zero-order chi connectivity index (χ0) is 21.3. The van der Waals surface area contributed by atoms with Crippen LogP contribution in [0.3, 0.4) is 0 Å². The van der Waals surface area contributed by atoms with Gasteiger partial charge >= 0.3 is 5.97 Å². The average Bonchev–Trinajstić information content (AvgIpc) is 2.97. The van der Waals surface area contributed by atoms with Gasteiger partial charge in [-0.3, -0.25) is 9.59 Å². The van der Waals surface area contributed by atoms with Crippen LogP contribution in [0.25, 0.3) is 0 Å². The van der Waals surface area contributed by atoms with Crippen molar-refractivity contribution in [3.05, 3.63) is 89.0 Å². The van der Waals surface area contributed by atoms with Gasteiger partial charge in [0, 0.05) is 0 Å². The summed E-state index contributed by atoms with van der Waals surface area (Å²) in [7, 11) is 0. The number of rotatable bonds is 5. The van der Waals surface area contributed by atoms with Crippen LogP contribution in [-0.2, 0) is 4.79 Å². The van der Waals surface area contributed by atoms with Gasteiger partial charge in [-0.1, -0.05) is 18.2 Å². The monoisotopic (exact) mass is 401 g/mol. The third-order valence-corrected chi connectivity index (χ3v) is 4.67. The largest absolute Gasteiger partial charge is 0.482 e. The van der Waals surface area contributed by atoms with E-state index in [1.165, 1.54) is 12.1 Å². The van der Waals surface area contributed by atoms with Crippen molar-refractivity contribution in [2.45, 2.75) is 13.8 Å². The summed E-state index contributed by atoms with van der Waals surface area (Å²) in [5, 5.41) is 0. The molecule has 4 rings (SSSR count). The summed E-state index contributed by atoms with van der Waals surface area (Å²) in [6.45, 7) is 3.67. The van der Waals surface area contributed by atoms with Gasteiger partial charge in [-0.2, -0.15) is 0 Å². The molecule has 0 unspecified atom stereocenters. The summed E-state index contributed by atoms with van der Waals surface area (Å²) in [5.41, 5.74) is 3.25. The summed E-state index contributed by atoms with van der Waals surface area (Å²) in [6.07, 6.45) is 0. The van der Waals surface area contributed by atoms with E-state index in [0.717, 1.165) is 16.0 Å². The summed E-state index contributed by atoms with van der Waals surface area (Å²) >= 11 is 0. The molecule has 0 saturated heterocycles. The third kappa shape index (κ3) is 3.80. The van der Waals surface area contributed by atoms with Crippen molar-refractivity contribution in [3.63, 3.8) is 0 Å². The van der Waals surface area contributed by atoms with Gasteiger partial charge in [-0.15, -0.1) is 0 Å². The van der Waals surface area contributed by atoms with Crippen LogP contribution in [0.4, 0.5) is 5.69 Å². The molecule has 0 bridgehead atoms. The Labute approximate surface area is 173 Å². The van der Waals surface area contributed by atoms with E-state index in [4.69, 9.17) is 9.47 Å². The number of imide groups is 1. The number of carbonyl (C=O) groups excluding carboxylic acids is 3. The average molecular weight is 401 g/mol. The van der Waals surface area contributed by atoms with Crippen molar-refractivity contribution in [1.82, 2.24) is 0 Å². The molecule has 0 radical (unpaired) electrons. The number of benzene rings is 3. The van der Waals surface area contributed by atoms with Crippen molar-refractivity contribution < 1.29 is 23.9 Å². The maximum atomic E-state index is 12.5. The molecule has 0 spiro atoms. The fourth-order valence-electron chi connectivity index (χ4n) is 3.41. The molecule has 6 nitrogen and oxygen atoms in total. The summed E-state index contributed by atoms with van der Waals surface area (Å²) in [4.78, 5) is 38.3. The van der Waals surface area contributed by atoms with Gasteiger partial charge in [0.05, 0.1) is 16.8 Å². The minimum Gasteiger partial charge on any atom is -0.482 e. The van der Waals surface area contributed by atoms with Gasteiger partial charge in [0.25, 0.3) is 11.8 Å². The smallest absolute Gasteiger partial charge is 0.349 e. The van der Waals surface area contributed by atoms with Gasteiger partial charge < -0.3 is 9.47 Å². The SMILES string of the molecule is Cc1cc(C)cc(OCC(=O)Oc2ccc(N3C(=O)c4ccccc4C3=O)cc2)c1. The highest BCUT2D eigenvalue weighted by Crippen LogP contribution is 2.29. The summed E-state index contributed by atoms with van der Waals surface area (Å²) in [5.74, 6) is -0.401. The zero-order valence-electron chi connectivity index (χ0n) is 16.5. The lowest BCUT2D eigenvalue weighted by Gasteiger charge is -2.14. The quantitative estimate of drug-likeness (QED) is 0.366. The molecule has 0 fully saturated rings. The minimum absolute atomic E-state index is 0.233. The molecule has 30 heavy (non-hydrogen) atoms. The molecule has 6 heteroatoms. The second-order valence-electron chi connectivity index (χ2n) is 7.07. The van der Waals surface area contributed by atoms with E-state index in [9.17, 15) is 14.4 Å². The number of ether oxygens (including phenoxy) is 2. The molecule has 1 heterocycles. The standard InChI is InChI=1S/C24H19NO5/c1-15-11-16(2)13-19(12-15)29-14-22(26)30-18-9-7-17(8-10-18)25-23(27)20-5-3-4-6-21(20)24(25)28/h3-13H,14H2,1-2H3. The number of esters is 1. The predicted molar refractivity (Wildman–Crippen MR) is 111 cm³/mol. The molecule has 0 saturated carbocycles. The van der Waals surface area contributed by atoms with Crippen LogP contribution >= 0.6 is 0 Å². The highest BCUT2D eigenvalue weighted by Gasteiger charge is 2.36. The van der Waals surface area contributed by atoms with E-state index in [2.05, 4.69) is 0 Å². The first kappa shape index (κ1) is 19.4. The van der Waals surface area contributed by atoms with Crippen molar-refractivity contribution in [3.8, 4) is 11.5 Å². The van der Waals surface area contributed by atoms with Gasteiger partial charge in [0.1, 0.15) is 11.5 Å². The van der Waals surface area contributed by atoms with Crippen molar-refractivity contribution in [1.29, 1.82) is 0 Å². The summed E-state index contributed by atoms with van der Waals surface area (Å²) < 4.78 is 10.8. The third-order valence-electron chi connectivity index (χ3n) is 4.67. The second kappa shape index (κ2) is 7.83. The predicted octanol–water partition coefficient (Wildman–Crippen LogP) is 4.09. The van der Waals surface area contributed by atoms with E-state index < -0.39 is 5.97 Å². The summed E-state index contributed by atoms with van der Waals surface area (Å²) in [6, 6.07) is 18.6. The lowest BCUT2D eigenvalue weighted by Crippen LogP contribution is -2.29. The fraction of sp³-hybridized carbons (Fsp3) is 0.125. The number of fused-ring (bicyclic) bond motifs is 1. The number of aryl methyl sites for hydroxylation is 2. The number of hydrogen-bond donors (Lipinski definition) is 0. The molecular formula is C24H19NO5. The number of anilines is 1. The van der Waals surface area contributed by atoms with E-state index in [1.807, 2.05) is 32.0 Å². The zero-order valence-corrected chi connectivity index (χ0v) is 16.5. The first-order chi connectivity index (χ1) is 14.4. The molecule has 0 atom stereocenters. The Morgan fingerprint density at radius 3 is 1.93 bits per heavy atom. The van der Waals surface area contributed by atoms with Crippen molar-refractivity contribution in [2.24, 2.45) is 0 Å².